The summed E-state index contributed by atoms with van der Waals surface area (Å²) in [6, 6.07) is 3.58. The minimum Gasteiger partial charge on any atom is -0.314 e. The fraction of sp³-hybridized carbons (Fsp3) is 0.600. The summed E-state index contributed by atoms with van der Waals surface area (Å²) in [4.78, 5) is 0. The maximum atomic E-state index is 11.8. The van der Waals surface area contributed by atoms with Crippen LogP contribution in [-0.4, -0.2) is 27.5 Å². The van der Waals surface area contributed by atoms with Crippen molar-refractivity contribution in [2.75, 3.05) is 13.1 Å². The van der Waals surface area contributed by atoms with Crippen molar-refractivity contribution in [3.8, 4) is 0 Å². The highest BCUT2D eigenvalue weighted by Gasteiger charge is 2.18. The molecule has 2 N–H and O–H groups in total. The normalized spacial score (nSPS) is 20.9. The van der Waals surface area contributed by atoms with Crippen molar-refractivity contribution in [3.63, 3.8) is 0 Å². The van der Waals surface area contributed by atoms with Crippen LogP contribution in [0, 0.1) is 0 Å². The highest BCUT2D eigenvalue weighted by atomic mass is 35.5. The largest absolute Gasteiger partial charge is 0.314 e. The summed E-state index contributed by atoms with van der Waals surface area (Å²) < 4.78 is 27.0. The van der Waals surface area contributed by atoms with Gasteiger partial charge < -0.3 is 5.32 Å². The molecule has 7 heteroatoms. The zero-order valence-electron chi connectivity index (χ0n) is 9.28. The molecule has 0 radical (unpaired) electrons. The van der Waals surface area contributed by atoms with Gasteiger partial charge in [-0.05, 0) is 37.9 Å². The van der Waals surface area contributed by atoms with Gasteiger partial charge in [0.05, 0.1) is 4.34 Å². The zero-order valence-corrected chi connectivity index (χ0v) is 11.7. The molecular formula is C10H15ClN2O2S2. The van der Waals surface area contributed by atoms with E-state index in [2.05, 4.69) is 10.0 Å². The lowest BCUT2D eigenvalue weighted by atomic mass is 10.2. The third-order valence-corrected chi connectivity index (χ3v) is 5.94. The fourth-order valence-corrected chi connectivity index (χ4v) is 4.46. The SMILES string of the molecule is O=S(=O)(NCCC1CCCN1)c1ccc(Cl)s1. The Bertz CT molecular complexity index is 466. The van der Waals surface area contributed by atoms with Crippen molar-refractivity contribution in [2.45, 2.75) is 29.5 Å². The first-order valence-corrected chi connectivity index (χ1v) is 8.24. The Morgan fingerprint density at radius 2 is 2.35 bits per heavy atom. The predicted octanol–water partition coefficient (Wildman–Crippen LogP) is 1.82. The lowest BCUT2D eigenvalue weighted by Crippen LogP contribution is -2.30. The molecule has 0 bridgehead atoms. The standard InChI is InChI=1S/C10H15ClN2O2S2/c11-9-3-4-10(16-9)17(14,15)13-7-5-8-2-1-6-12-8/h3-4,8,12-13H,1-2,5-7H2. The van der Waals surface area contributed by atoms with E-state index in [0.29, 0.717) is 16.9 Å². The van der Waals surface area contributed by atoms with Gasteiger partial charge in [0.25, 0.3) is 0 Å². The number of thiophene rings is 1. The number of halogens is 1. The predicted molar refractivity (Wildman–Crippen MR) is 70.2 cm³/mol. The van der Waals surface area contributed by atoms with E-state index >= 15 is 0 Å². The van der Waals surface area contributed by atoms with Crippen LogP contribution in [0.2, 0.25) is 4.34 Å². The molecule has 17 heavy (non-hydrogen) atoms. The molecule has 0 saturated carbocycles. The van der Waals surface area contributed by atoms with Crippen molar-refractivity contribution in [1.82, 2.24) is 10.0 Å². The van der Waals surface area contributed by atoms with Crippen LogP contribution in [0.5, 0.6) is 0 Å². The van der Waals surface area contributed by atoms with Crippen LogP contribution < -0.4 is 10.0 Å². The van der Waals surface area contributed by atoms with Gasteiger partial charge in [-0.1, -0.05) is 11.6 Å². The van der Waals surface area contributed by atoms with E-state index in [4.69, 9.17) is 11.6 Å². The molecule has 2 heterocycles. The van der Waals surface area contributed by atoms with Gasteiger partial charge in [0, 0.05) is 12.6 Å². The van der Waals surface area contributed by atoms with Crippen molar-refractivity contribution in [3.05, 3.63) is 16.5 Å². The van der Waals surface area contributed by atoms with E-state index < -0.39 is 10.0 Å². The molecule has 1 saturated heterocycles. The molecule has 96 valence electrons. The highest BCUT2D eigenvalue weighted by Crippen LogP contribution is 2.25. The molecule has 1 aromatic heterocycles. The van der Waals surface area contributed by atoms with Crippen molar-refractivity contribution >= 4 is 33.0 Å². The molecule has 1 aliphatic rings. The van der Waals surface area contributed by atoms with E-state index in [9.17, 15) is 8.42 Å². The van der Waals surface area contributed by atoms with Crippen LogP contribution in [0.1, 0.15) is 19.3 Å². The Morgan fingerprint density at radius 3 is 2.94 bits per heavy atom. The van der Waals surface area contributed by atoms with Crippen LogP contribution in [0.15, 0.2) is 16.3 Å². The average molecular weight is 295 g/mol. The molecule has 1 atom stereocenters. The zero-order chi connectivity index (χ0) is 12.3. The first-order chi connectivity index (χ1) is 8.08. The number of nitrogens with one attached hydrogen (secondary N) is 2. The molecule has 1 unspecified atom stereocenters. The summed E-state index contributed by atoms with van der Waals surface area (Å²) in [7, 11) is -3.37. The van der Waals surface area contributed by atoms with Gasteiger partial charge in [-0.25, -0.2) is 13.1 Å². The minimum absolute atomic E-state index is 0.280. The van der Waals surface area contributed by atoms with E-state index in [-0.39, 0.29) is 4.21 Å². The molecule has 0 aliphatic carbocycles. The van der Waals surface area contributed by atoms with Crippen LogP contribution in [0.3, 0.4) is 0 Å². The second-order valence-electron chi connectivity index (χ2n) is 4.04. The van der Waals surface area contributed by atoms with Gasteiger partial charge >= 0.3 is 0 Å². The first kappa shape index (κ1) is 13.3. The van der Waals surface area contributed by atoms with E-state index in [1.807, 2.05) is 0 Å². The van der Waals surface area contributed by atoms with Crippen molar-refractivity contribution in [1.29, 1.82) is 0 Å². The van der Waals surface area contributed by atoms with E-state index in [0.717, 1.165) is 30.7 Å². The van der Waals surface area contributed by atoms with Gasteiger partial charge in [0.15, 0.2) is 0 Å². The second-order valence-corrected chi connectivity index (χ2v) is 7.75. The van der Waals surface area contributed by atoms with Crippen LogP contribution in [0.25, 0.3) is 0 Å². The van der Waals surface area contributed by atoms with Gasteiger partial charge in [0.2, 0.25) is 10.0 Å². The Morgan fingerprint density at radius 1 is 1.53 bits per heavy atom. The topological polar surface area (TPSA) is 58.2 Å². The molecule has 0 spiro atoms. The number of sulfonamides is 1. The van der Waals surface area contributed by atoms with E-state index in [1.54, 1.807) is 6.07 Å². The fourth-order valence-electron chi connectivity index (χ4n) is 1.88. The van der Waals surface area contributed by atoms with Crippen LogP contribution in [0.4, 0.5) is 0 Å². The summed E-state index contributed by atoms with van der Waals surface area (Å²) in [5, 5.41) is 3.33. The quantitative estimate of drug-likeness (QED) is 0.871. The average Bonchev–Trinajstić information content (AvgIpc) is 2.89. The van der Waals surface area contributed by atoms with Gasteiger partial charge in [-0.3, -0.25) is 0 Å². The third kappa shape index (κ3) is 3.66. The molecular weight excluding hydrogens is 280 g/mol. The maximum Gasteiger partial charge on any atom is 0.250 e. The molecule has 1 fully saturated rings. The van der Waals surface area contributed by atoms with Gasteiger partial charge in [-0.2, -0.15) is 0 Å². The summed E-state index contributed by atoms with van der Waals surface area (Å²) in [5.41, 5.74) is 0. The summed E-state index contributed by atoms with van der Waals surface area (Å²) in [5.74, 6) is 0. The van der Waals surface area contributed by atoms with Crippen LogP contribution in [-0.2, 0) is 10.0 Å². The first-order valence-electron chi connectivity index (χ1n) is 5.56. The number of hydrogen-bond acceptors (Lipinski definition) is 4. The smallest absolute Gasteiger partial charge is 0.250 e. The Balaban J connectivity index is 1.85. The highest BCUT2D eigenvalue weighted by molar-refractivity contribution is 7.91. The minimum atomic E-state index is -3.37. The number of rotatable bonds is 5. The lowest BCUT2D eigenvalue weighted by molar-refractivity contribution is 0.540. The Kier molecular flexibility index (Phi) is 4.43. The summed E-state index contributed by atoms with van der Waals surface area (Å²) in [6.45, 7) is 1.51. The molecule has 2 rings (SSSR count). The third-order valence-electron chi connectivity index (χ3n) is 2.76. The molecule has 0 aromatic carbocycles. The molecule has 0 amide bonds. The molecule has 1 aromatic rings. The van der Waals surface area contributed by atoms with Crippen molar-refractivity contribution in [2.24, 2.45) is 0 Å². The van der Waals surface area contributed by atoms with E-state index in [1.165, 1.54) is 12.5 Å². The summed E-state index contributed by atoms with van der Waals surface area (Å²) >= 11 is 6.80. The van der Waals surface area contributed by atoms with Crippen LogP contribution >= 0.6 is 22.9 Å². The van der Waals surface area contributed by atoms with Crippen molar-refractivity contribution < 1.29 is 8.42 Å². The number of hydrogen-bond donors (Lipinski definition) is 2. The monoisotopic (exact) mass is 294 g/mol. The lowest BCUT2D eigenvalue weighted by Gasteiger charge is -2.10. The summed E-state index contributed by atoms with van der Waals surface area (Å²) in [6.07, 6.45) is 3.14. The molecule has 1 aliphatic heterocycles. The Hall–Kier alpha value is -0.140. The maximum absolute atomic E-state index is 11.8. The molecule has 4 nitrogen and oxygen atoms in total. The van der Waals surface area contributed by atoms with Gasteiger partial charge in [-0.15, -0.1) is 11.3 Å². The van der Waals surface area contributed by atoms with Gasteiger partial charge in [0.1, 0.15) is 4.21 Å². The second kappa shape index (κ2) is 5.67. The Labute approximate surface area is 110 Å².